The van der Waals surface area contributed by atoms with Gasteiger partial charge in [0.25, 0.3) is 0 Å². The fraction of sp³-hybridized carbons (Fsp3) is 0.370. The maximum Gasteiger partial charge on any atom is 0.417 e. The number of aliphatic carboxylic acids is 1. The van der Waals surface area contributed by atoms with E-state index in [0.717, 1.165) is 29.3 Å². The first-order valence-corrected chi connectivity index (χ1v) is 14.4. The SMILES string of the molecule is C/C(Cl)=C(\C=C(/C)S(=O)(=O)N1CCN(Cc2cc(CC(=O)O)ccc2OCc2ccc(Cl)cc2)CC1)C(F)(F)F. The zero-order chi connectivity index (χ0) is 29.7. The van der Waals surface area contributed by atoms with Gasteiger partial charge in [-0.05, 0) is 49.2 Å². The highest BCUT2D eigenvalue weighted by Crippen LogP contribution is 2.33. The highest BCUT2D eigenvalue weighted by atomic mass is 35.5. The molecule has 0 aromatic heterocycles. The quantitative estimate of drug-likeness (QED) is 0.329. The number of hydrogen-bond acceptors (Lipinski definition) is 5. The van der Waals surface area contributed by atoms with Crippen molar-refractivity contribution < 1.29 is 36.2 Å². The molecule has 3 rings (SSSR count). The van der Waals surface area contributed by atoms with Crippen LogP contribution in [-0.4, -0.2) is 61.1 Å². The first kappa shape index (κ1) is 32.0. The van der Waals surface area contributed by atoms with E-state index in [2.05, 4.69) is 0 Å². The molecule has 7 nitrogen and oxygen atoms in total. The maximum atomic E-state index is 13.3. The van der Waals surface area contributed by atoms with Crippen LogP contribution in [0.25, 0.3) is 0 Å². The van der Waals surface area contributed by atoms with Crippen LogP contribution in [0.2, 0.25) is 5.02 Å². The van der Waals surface area contributed by atoms with Crippen molar-refractivity contribution in [2.45, 2.75) is 39.6 Å². The number of piperazine rings is 1. The molecule has 2 aromatic rings. The highest BCUT2D eigenvalue weighted by molar-refractivity contribution is 7.93. The molecular weight excluding hydrogens is 592 g/mol. The summed E-state index contributed by atoms with van der Waals surface area (Å²) in [6.07, 6.45) is -4.40. The number of carboxylic acid groups (broad SMARTS) is 1. The summed E-state index contributed by atoms with van der Waals surface area (Å²) in [5.41, 5.74) is 1.01. The van der Waals surface area contributed by atoms with Crippen LogP contribution in [0.3, 0.4) is 0 Å². The van der Waals surface area contributed by atoms with Gasteiger partial charge >= 0.3 is 12.1 Å². The fourth-order valence-corrected chi connectivity index (χ4v) is 5.76. The molecule has 1 aliphatic rings. The molecule has 40 heavy (non-hydrogen) atoms. The minimum atomic E-state index is -4.79. The van der Waals surface area contributed by atoms with Crippen LogP contribution < -0.4 is 4.74 Å². The van der Waals surface area contributed by atoms with Gasteiger partial charge in [0.1, 0.15) is 12.4 Å². The molecule has 0 amide bonds. The summed E-state index contributed by atoms with van der Waals surface area (Å²) in [5, 5.41) is 9.26. The first-order valence-electron chi connectivity index (χ1n) is 12.2. The summed E-state index contributed by atoms with van der Waals surface area (Å²) in [7, 11) is -4.14. The van der Waals surface area contributed by atoms with Crippen molar-refractivity contribution in [1.29, 1.82) is 0 Å². The Morgan fingerprint density at radius 2 is 1.65 bits per heavy atom. The van der Waals surface area contributed by atoms with Gasteiger partial charge in [0.05, 0.1) is 16.9 Å². The van der Waals surface area contributed by atoms with Gasteiger partial charge in [-0.2, -0.15) is 17.5 Å². The molecule has 1 heterocycles. The van der Waals surface area contributed by atoms with Crippen LogP contribution >= 0.6 is 23.2 Å². The Bertz CT molecular complexity index is 1380. The van der Waals surface area contributed by atoms with Gasteiger partial charge in [-0.1, -0.05) is 47.5 Å². The van der Waals surface area contributed by atoms with E-state index in [1.54, 1.807) is 30.3 Å². The summed E-state index contributed by atoms with van der Waals surface area (Å²) >= 11 is 11.5. The van der Waals surface area contributed by atoms with Crippen molar-refractivity contribution in [3.05, 3.63) is 85.8 Å². The molecule has 0 radical (unpaired) electrons. The number of ether oxygens (including phenoxy) is 1. The van der Waals surface area contributed by atoms with Gasteiger partial charge in [0.15, 0.2) is 0 Å². The second-order valence-corrected chi connectivity index (χ2v) is 12.4. The molecule has 2 aromatic carbocycles. The van der Waals surface area contributed by atoms with Crippen molar-refractivity contribution in [3.63, 3.8) is 0 Å². The number of nitrogens with zero attached hydrogens (tertiary/aromatic N) is 2. The number of allylic oxidation sites excluding steroid dienone is 4. The molecule has 1 N–H and O–H groups in total. The number of carbonyl (C=O) groups is 1. The average Bonchev–Trinajstić information content (AvgIpc) is 2.86. The molecule has 0 atom stereocenters. The third kappa shape index (κ3) is 8.71. The maximum absolute atomic E-state index is 13.3. The third-order valence-electron chi connectivity index (χ3n) is 6.28. The van der Waals surface area contributed by atoms with Crippen LogP contribution in [-0.2, 0) is 34.4 Å². The van der Waals surface area contributed by atoms with Crippen LogP contribution in [0.1, 0.15) is 30.5 Å². The molecule has 0 bridgehead atoms. The Morgan fingerprint density at radius 3 is 2.20 bits per heavy atom. The fourth-order valence-electron chi connectivity index (χ4n) is 4.15. The van der Waals surface area contributed by atoms with Crippen molar-refractivity contribution in [3.8, 4) is 5.75 Å². The average molecular weight is 622 g/mol. The molecule has 13 heteroatoms. The van der Waals surface area contributed by atoms with Crippen LogP contribution in [0.4, 0.5) is 13.2 Å². The van der Waals surface area contributed by atoms with Crippen LogP contribution in [0.15, 0.2) is 64.1 Å². The van der Waals surface area contributed by atoms with Gasteiger partial charge < -0.3 is 9.84 Å². The molecule has 0 saturated carbocycles. The summed E-state index contributed by atoms with van der Waals surface area (Å²) < 4.78 is 73.0. The zero-order valence-electron chi connectivity index (χ0n) is 21.8. The summed E-state index contributed by atoms with van der Waals surface area (Å²) in [6, 6.07) is 12.3. The van der Waals surface area contributed by atoms with Gasteiger partial charge in [-0.3, -0.25) is 9.69 Å². The lowest BCUT2D eigenvalue weighted by Crippen LogP contribution is -2.48. The van der Waals surface area contributed by atoms with Gasteiger partial charge in [-0.25, -0.2) is 8.42 Å². The Balaban J connectivity index is 1.73. The molecule has 218 valence electrons. The number of benzene rings is 2. The van der Waals surface area contributed by atoms with E-state index >= 15 is 0 Å². The normalized spacial score (nSPS) is 16.5. The van der Waals surface area contributed by atoms with Crippen molar-refractivity contribution in [1.82, 2.24) is 9.21 Å². The van der Waals surface area contributed by atoms with Gasteiger partial charge in [0.2, 0.25) is 10.0 Å². The van der Waals surface area contributed by atoms with E-state index in [1.165, 1.54) is 0 Å². The van der Waals surface area contributed by atoms with E-state index in [0.29, 0.717) is 42.0 Å². The number of hydrogen-bond donors (Lipinski definition) is 1. The molecule has 1 aliphatic heterocycles. The Hall–Kier alpha value is -2.57. The van der Waals surface area contributed by atoms with E-state index < -0.39 is 37.7 Å². The van der Waals surface area contributed by atoms with E-state index in [9.17, 15) is 31.5 Å². The van der Waals surface area contributed by atoms with E-state index in [1.807, 2.05) is 17.0 Å². The predicted octanol–water partition coefficient (Wildman–Crippen LogP) is 5.97. The number of halogens is 5. The second-order valence-electron chi connectivity index (χ2n) is 9.31. The standard InChI is InChI=1S/C27H29Cl2F3N2O5S/c1-18(13-24(19(2)28)27(30,31)32)40(37,38)34-11-9-33(10-12-34)16-22-14-21(15-26(35)36)5-8-25(22)39-17-20-3-6-23(29)7-4-20/h3-8,13-14H,9-12,15-17H2,1-2H3,(H,35,36)/b18-13+,24-19-. The topological polar surface area (TPSA) is 87.2 Å². The monoisotopic (exact) mass is 620 g/mol. The molecule has 1 saturated heterocycles. The van der Waals surface area contributed by atoms with Crippen molar-refractivity contribution >= 4 is 39.2 Å². The van der Waals surface area contributed by atoms with E-state index in [-0.39, 0.29) is 26.1 Å². The van der Waals surface area contributed by atoms with E-state index in [4.69, 9.17) is 27.9 Å². The first-order chi connectivity index (χ1) is 18.7. The lowest BCUT2D eigenvalue weighted by atomic mass is 10.1. The minimum absolute atomic E-state index is 0.0637. The molecule has 1 fully saturated rings. The Labute approximate surface area is 241 Å². The lowest BCUT2D eigenvalue weighted by molar-refractivity contribution is -0.136. The van der Waals surface area contributed by atoms with Gasteiger partial charge in [-0.15, -0.1) is 0 Å². The summed E-state index contributed by atoms with van der Waals surface area (Å²) in [6.45, 7) is 3.53. The predicted molar refractivity (Wildman–Crippen MR) is 148 cm³/mol. The molecule has 0 spiro atoms. The van der Waals surface area contributed by atoms with Crippen LogP contribution in [0, 0.1) is 0 Å². The largest absolute Gasteiger partial charge is 0.489 e. The molecular formula is C27H29Cl2F3N2O5S. The Morgan fingerprint density at radius 1 is 1.05 bits per heavy atom. The van der Waals surface area contributed by atoms with Crippen molar-refractivity contribution in [2.75, 3.05) is 26.2 Å². The number of sulfonamides is 1. The van der Waals surface area contributed by atoms with Gasteiger partial charge in [0, 0.05) is 48.3 Å². The van der Waals surface area contributed by atoms with Crippen molar-refractivity contribution in [2.24, 2.45) is 0 Å². The third-order valence-corrected chi connectivity index (χ3v) is 8.72. The molecule has 0 aliphatic carbocycles. The smallest absolute Gasteiger partial charge is 0.417 e. The summed E-state index contributed by atoms with van der Waals surface area (Å²) in [5.74, 6) is -0.420. The van der Waals surface area contributed by atoms with Crippen LogP contribution in [0.5, 0.6) is 5.75 Å². The minimum Gasteiger partial charge on any atom is -0.489 e. The second kappa shape index (κ2) is 13.4. The number of rotatable bonds is 10. The number of alkyl halides is 3. The Kier molecular flexibility index (Phi) is 10.7. The zero-order valence-corrected chi connectivity index (χ0v) is 24.2. The molecule has 0 unspecified atom stereocenters. The lowest BCUT2D eigenvalue weighted by Gasteiger charge is -2.34. The summed E-state index contributed by atoms with van der Waals surface area (Å²) in [4.78, 5) is 12.8. The number of carboxylic acids is 1. The highest BCUT2D eigenvalue weighted by Gasteiger charge is 2.36.